The van der Waals surface area contributed by atoms with Gasteiger partial charge in [-0.1, -0.05) is 6.92 Å². The molecule has 1 amide bonds. The van der Waals surface area contributed by atoms with E-state index >= 15 is 0 Å². The molecule has 0 aliphatic carbocycles. The van der Waals surface area contributed by atoms with Crippen molar-refractivity contribution in [3.05, 3.63) is 39.4 Å². The van der Waals surface area contributed by atoms with Gasteiger partial charge in [0.05, 0.1) is 4.92 Å². The second kappa shape index (κ2) is 6.13. The lowest BCUT2D eigenvalue weighted by Gasteiger charge is -2.36. The van der Waals surface area contributed by atoms with Crippen molar-refractivity contribution < 1.29 is 19.6 Å². The van der Waals surface area contributed by atoms with Gasteiger partial charge in [0.15, 0.2) is 0 Å². The van der Waals surface area contributed by atoms with Crippen LogP contribution >= 0.6 is 0 Å². The van der Waals surface area contributed by atoms with Crippen molar-refractivity contribution in [2.75, 3.05) is 6.54 Å². The Labute approximate surface area is 127 Å². The SMILES string of the molecule is Cc1cc([N+](=O)[O-])ccc1C(=O)N1CCC(C)CC1C(=O)O. The molecule has 1 fully saturated rings. The van der Waals surface area contributed by atoms with Crippen molar-refractivity contribution in [2.24, 2.45) is 5.92 Å². The van der Waals surface area contributed by atoms with E-state index in [2.05, 4.69) is 0 Å². The number of carbonyl (C=O) groups excluding carboxylic acids is 1. The van der Waals surface area contributed by atoms with Gasteiger partial charge < -0.3 is 10.0 Å². The third-order valence-corrected chi connectivity index (χ3v) is 4.06. The molecule has 0 saturated carbocycles. The maximum absolute atomic E-state index is 12.6. The Morgan fingerprint density at radius 2 is 2.09 bits per heavy atom. The fraction of sp³-hybridized carbons (Fsp3) is 0.467. The summed E-state index contributed by atoms with van der Waals surface area (Å²) in [7, 11) is 0. The first-order valence-corrected chi connectivity index (χ1v) is 7.10. The number of aliphatic carboxylic acids is 1. The molecule has 22 heavy (non-hydrogen) atoms. The number of carboxylic acid groups (broad SMARTS) is 1. The normalized spacial score (nSPS) is 21.5. The number of non-ortho nitro benzene ring substituents is 1. The number of aryl methyl sites for hydroxylation is 1. The molecule has 1 aromatic carbocycles. The molecule has 0 aromatic heterocycles. The van der Waals surface area contributed by atoms with Crippen molar-refractivity contribution in [1.82, 2.24) is 4.90 Å². The van der Waals surface area contributed by atoms with Gasteiger partial charge in [0.1, 0.15) is 6.04 Å². The number of piperidine rings is 1. The van der Waals surface area contributed by atoms with Crippen LogP contribution in [0, 0.1) is 23.0 Å². The standard InChI is InChI=1S/C15H18N2O5/c1-9-5-6-16(13(7-9)15(19)20)14(18)12-4-3-11(17(21)22)8-10(12)2/h3-4,8-9,13H,5-7H2,1-2H3,(H,19,20). The Hall–Kier alpha value is -2.44. The number of nitrogens with zero attached hydrogens (tertiary/aromatic N) is 2. The van der Waals surface area contributed by atoms with E-state index in [1.807, 2.05) is 6.92 Å². The largest absolute Gasteiger partial charge is 0.480 e. The van der Waals surface area contributed by atoms with E-state index in [-0.39, 0.29) is 17.5 Å². The van der Waals surface area contributed by atoms with Gasteiger partial charge >= 0.3 is 5.97 Å². The lowest BCUT2D eigenvalue weighted by Crippen LogP contribution is -2.49. The van der Waals surface area contributed by atoms with E-state index in [0.29, 0.717) is 24.1 Å². The summed E-state index contributed by atoms with van der Waals surface area (Å²) < 4.78 is 0. The van der Waals surface area contributed by atoms with Crippen LogP contribution in [0.1, 0.15) is 35.7 Å². The summed E-state index contributed by atoms with van der Waals surface area (Å²) in [6.07, 6.45) is 1.18. The molecule has 1 N–H and O–H groups in total. The molecule has 1 aliphatic rings. The Morgan fingerprint density at radius 3 is 2.64 bits per heavy atom. The first-order valence-electron chi connectivity index (χ1n) is 7.10. The Balaban J connectivity index is 2.30. The minimum Gasteiger partial charge on any atom is -0.480 e. The van der Waals surface area contributed by atoms with Crippen LogP contribution < -0.4 is 0 Å². The maximum atomic E-state index is 12.6. The number of hydrogen-bond donors (Lipinski definition) is 1. The Bertz CT molecular complexity index is 628. The highest BCUT2D eigenvalue weighted by Gasteiger charge is 2.35. The van der Waals surface area contributed by atoms with E-state index in [4.69, 9.17) is 0 Å². The molecule has 2 atom stereocenters. The molecule has 0 spiro atoms. The molecule has 7 nitrogen and oxygen atoms in total. The predicted octanol–water partition coefficient (Wildman–Crippen LogP) is 2.23. The summed E-state index contributed by atoms with van der Waals surface area (Å²) in [5.41, 5.74) is 0.699. The summed E-state index contributed by atoms with van der Waals surface area (Å²) in [5, 5.41) is 20.1. The fourth-order valence-corrected chi connectivity index (χ4v) is 2.77. The molecule has 7 heteroatoms. The smallest absolute Gasteiger partial charge is 0.326 e. The number of nitro benzene ring substituents is 1. The molecule has 1 aliphatic heterocycles. The van der Waals surface area contributed by atoms with Crippen LogP contribution in [0.2, 0.25) is 0 Å². The highest BCUT2D eigenvalue weighted by molar-refractivity contribution is 5.98. The first-order chi connectivity index (χ1) is 10.3. The fourth-order valence-electron chi connectivity index (χ4n) is 2.77. The predicted molar refractivity (Wildman–Crippen MR) is 78.7 cm³/mol. The van der Waals surface area contributed by atoms with E-state index in [1.54, 1.807) is 6.92 Å². The van der Waals surface area contributed by atoms with Crippen LogP contribution in [0.3, 0.4) is 0 Å². The number of rotatable bonds is 3. The van der Waals surface area contributed by atoms with Gasteiger partial charge in [0, 0.05) is 24.2 Å². The van der Waals surface area contributed by atoms with Crippen LogP contribution in [-0.4, -0.2) is 39.4 Å². The summed E-state index contributed by atoms with van der Waals surface area (Å²) in [6, 6.07) is 3.15. The third-order valence-electron chi connectivity index (χ3n) is 4.06. The Morgan fingerprint density at radius 1 is 1.41 bits per heavy atom. The first kappa shape index (κ1) is 15.9. The Kier molecular flexibility index (Phi) is 4.44. The summed E-state index contributed by atoms with van der Waals surface area (Å²) in [5.74, 6) is -1.14. The molecule has 2 rings (SSSR count). The minimum absolute atomic E-state index is 0.0869. The molecular formula is C15H18N2O5. The highest BCUT2D eigenvalue weighted by atomic mass is 16.6. The zero-order chi connectivity index (χ0) is 16.4. The molecule has 118 valence electrons. The van der Waals surface area contributed by atoms with Crippen molar-refractivity contribution in [1.29, 1.82) is 0 Å². The number of hydrogen-bond acceptors (Lipinski definition) is 4. The number of carbonyl (C=O) groups is 2. The maximum Gasteiger partial charge on any atom is 0.326 e. The van der Waals surface area contributed by atoms with Crippen LogP contribution in [0.5, 0.6) is 0 Å². The quantitative estimate of drug-likeness (QED) is 0.681. The van der Waals surface area contributed by atoms with Crippen molar-refractivity contribution >= 4 is 17.6 Å². The van der Waals surface area contributed by atoms with Crippen LogP contribution in [0.25, 0.3) is 0 Å². The highest BCUT2D eigenvalue weighted by Crippen LogP contribution is 2.26. The number of benzene rings is 1. The van der Waals surface area contributed by atoms with E-state index in [9.17, 15) is 24.8 Å². The van der Waals surface area contributed by atoms with Crippen molar-refractivity contribution in [3.63, 3.8) is 0 Å². The monoisotopic (exact) mass is 306 g/mol. The summed E-state index contributed by atoms with van der Waals surface area (Å²) >= 11 is 0. The average Bonchev–Trinajstić information content (AvgIpc) is 2.46. The van der Waals surface area contributed by atoms with Crippen molar-refractivity contribution in [2.45, 2.75) is 32.7 Å². The zero-order valence-electron chi connectivity index (χ0n) is 12.5. The zero-order valence-corrected chi connectivity index (χ0v) is 12.5. The van der Waals surface area contributed by atoms with Crippen molar-refractivity contribution in [3.8, 4) is 0 Å². The summed E-state index contributed by atoms with van der Waals surface area (Å²) in [6.45, 7) is 3.96. The van der Waals surface area contributed by atoms with Gasteiger partial charge in [-0.3, -0.25) is 14.9 Å². The topological polar surface area (TPSA) is 101 Å². The van der Waals surface area contributed by atoms with Gasteiger partial charge in [-0.25, -0.2) is 4.79 Å². The number of carboxylic acids is 1. The van der Waals surface area contributed by atoms with Crippen LogP contribution in [0.4, 0.5) is 5.69 Å². The van der Waals surface area contributed by atoms with Crippen LogP contribution in [0.15, 0.2) is 18.2 Å². The van der Waals surface area contributed by atoms with Gasteiger partial charge in [0.2, 0.25) is 0 Å². The van der Waals surface area contributed by atoms with Gasteiger partial charge in [0.25, 0.3) is 11.6 Å². The molecular weight excluding hydrogens is 288 g/mol. The van der Waals surface area contributed by atoms with Gasteiger partial charge in [-0.15, -0.1) is 0 Å². The number of nitro groups is 1. The number of amides is 1. The number of likely N-dealkylation sites (tertiary alicyclic amines) is 1. The summed E-state index contributed by atoms with van der Waals surface area (Å²) in [4.78, 5) is 35.6. The van der Waals surface area contributed by atoms with Gasteiger partial charge in [-0.05, 0) is 37.3 Å². The molecule has 0 radical (unpaired) electrons. The second-order valence-corrected chi connectivity index (χ2v) is 5.74. The molecule has 0 bridgehead atoms. The molecule has 1 aromatic rings. The van der Waals surface area contributed by atoms with E-state index < -0.39 is 16.9 Å². The third kappa shape index (κ3) is 3.08. The molecule has 2 unspecified atom stereocenters. The minimum atomic E-state index is -1.01. The van der Waals surface area contributed by atoms with E-state index in [1.165, 1.54) is 23.1 Å². The van der Waals surface area contributed by atoms with Gasteiger partial charge in [-0.2, -0.15) is 0 Å². The molecule has 1 heterocycles. The molecule has 1 saturated heterocycles. The lowest BCUT2D eigenvalue weighted by atomic mass is 9.91. The van der Waals surface area contributed by atoms with E-state index in [0.717, 1.165) is 6.42 Å². The van der Waals surface area contributed by atoms with Crippen LogP contribution in [-0.2, 0) is 4.79 Å². The lowest BCUT2D eigenvalue weighted by molar-refractivity contribution is -0.384. The second-order valence-electron chi connectivity index (χ2n) is 5.74. The average molecular weight is 306 g/mol.